The number of para-hydroxylation sites is 1. The van der Waals surface area contributed by atoms with Crippen molar-refractivity contribution >= 4 is 72.3 Å². The zero-order valence-corrected chi connectivity index (χ0v) is 22.9. The number of hydrogen-bond acceptors (Lipinski definition) is 5. The molecule has 0 aliphatic carbocycles. The first kappa shape index (κ1) is 25.0. The van der Waals surface area contributed by atoms with E-state index in [9.17, 15) is 9.59 Å². The first-order valence-electron chi connectivity index (χ1n) is 12.2. The summed E-state index contributed by atoms with van der Waals surface area (Å²) >= 11 is 4.63. The van der Waals surface area contributed by atoms with Crippen LogP contribution in [-0.4, -0.2) is 27.4 Å². The third-order valence-electron chi connectivity index (χ3n) is 6.36. The molecule has 1 heterocycles. The fourth-order valence-corrected chi connectivity index (χ4v) is 5.62. The van der Waals surface area contributed by atoms with Gasteiger partial charge in [-0.1, -0.05) is 88.4 Å². The average molecular weight is 594 g/mol. The monoisotopic (exact) mass is 592 g/mol. The van der Waals surface area contributed by atoms with Gasteiger partial charge in [0.15, 0.2) is 5.16 Å². The minimum absolute atomic E-state index is 0.0366. The lowest BCUT2D eigenvalue weighted by Gasteiger charge is -2.13. The van der Waals surface area contributed by atoms with E-state index in [4.69, 9.17) is 4.98 Å². The minimum Gasteiger partial charge on any atom is -0.272 e. The number of halogens is 1. The van der Waals surface area contributed by atoms with Crippen LogP contribution in [0.15, 0.2) is 123 Å². The molecule has 0 aliphatic rings. The van der Waals surface area contributed by atoms with Crippen molar-refractivity contribution in [1.29, 1.82) is 0 Å². The summed E-state index contributed by atoms with van der Waals surface area (Å²) in [6, 6.07) is 33.0. The zero-order chi connectivity index (χ0) is 26.8. The summed E-state index contributed by atoms with van der Waals surface area (Å²) in [6.07, 6.45) is 1.69. The summed E-state index contributed by atoms with van der Waals surface area (Å²) in [6.45, 7) is 0. The Balaban J connectivity index is 1.26. The third-order valence-corrected chi connectivity index (χ3v) is 7.83. The molecule has 1 N–H and O–H groups in total. The van der Waals surface area contributed by atoms with Crippen LogP contribution in [-0.2, 0) is 4.79 Å². The second-order valence-electron chi connectivity index (χ2n) is 8.84. The normalized spacial score (nSPS) is 11.5. The van der Waals surface area contributed by atoms with Crippen LogP contribution < -0.4 is 11.0 Å². The highest BCUT2D eigenvalue weighted by Gasteiger charge is 2.15. The SMILES string of the molecule is O=C(CSc1nc2ccccc2c(=O)n1-c1ccc(Br)cc1)N/N=C\c1c2ccccc2cc2ccccc12. The summed E-state index contributed by atoms with van der Waals surface area (Å²) < 4.78 is 2.44. The molecule has 0 fully saturated rings. The minimum atomic E-state index is -0.300. The number of hydrogen-bond donors (Lipinski definition) is 1. The van der Waals surface area contributed by atoms with E-state index >= 15 is 0 Å². The van der Waals surface area contributed by atoms with E-state index in [0.717, 1.165) is 31.6 Å². The van der Waals surface area contributed by atoms with Crippen molar-refractivity contribution in [3.05, 3.63) is 124 Å². The molecule has 8 heteroatoms. The molecule has 1 aromatic heterocycles. The number of carbonyl (C=O) groups is 1. The van der Waals surface area contributed by atoms with Gasteiger partial charge in [-0.05, 0) is 64.0 Å². The van der Waals surface area contributed by atoms with E-state index < -0.39 is 0 Å². The van der Waals surface area contributed by atoms with Gasteiger partial charge in [-0.15, -0.1) is 0 Å². The number of fused-ring (bicyclic) bond motifs is 3. The Morgan fingerprint density at radius 2 is 1.49 bits per heavy atom. The molecule has 6 rings (SSSR count). The Morgan fingerprint density at radius 1 is 0.872 bits per heavy atom. The maximum atomic E-state index is 13.4. The lowest BCUT2D eigenvalue weighted by molar-refractivity contribution is -0.118. The first-order valence-corrected chi connectivity index (χ1v) is 14.0. The maximum absolute atomic E-state index is 13.4. The number of aromatic nitrogens is 2. The van der Waals surface area contributed by atoms with Crippen molar-refractivity contribution in [2.45, 2.75) is 5.16 Å². The van der Waals surface area contributed by atoms with Gasteiger partial charge in [-0.25, -0.2) is 10.4 Å². The molecular weight excluding hydrogens is 572 g/mol. The maximum Gasteiger partial charge on any atom is 0.266 e. The van der Waals surface area contributed by atoms with E-state index in [1.165, 1.54) is 16.3 Å². The number of carbonyl (C=O) groups excluding carboxylic acids is 1. The highest BCUT2D eigenvalue weighted by atomic mass is 79.9. The van der Waals surface area contributed by atoms with Crippen LogP contribution in [0.25, 0.3) is 38.1 Å². The predicted octanol–water partition coefficient (Wildman–Crippen LogP) is 6.70. The fraction of sp³-hybridized carbons (Fsp3) is 0.0323. The fourth-order valence-electron chi connectivity index (χ4n) is 4.55. The van der Waals surface area contributed by atoms with Gasteiger partial charge in [0.25, 0.3) is 11.5 Å². The van der Waals surface area contributed by atoms with E-state index in [0.29, 0.717) is 21.7 Å². The number of nitrogens with one attached hydrogen (secondary N) is 1. The van der Waals surface area contributed by atoms with Crippen molar-refractivity contribution < 1.29 is 4.79 Å². The van der Waals surface area contributed by atoms with E-state index in [1.54, 1.807) is 18.3 Å². The molecule has 0 unspecified atom stereocenters. The lowest BCUT2D eigenvalue weighted by atomic mass is 9.97. The molecule has 190 valence electrons. The number of nitrogens with zero attached hydrogens (tertiary/aromatic N) is 3. The molecule has 0 saturated carbocycles. The molecule has 6 nitrogen and oxygen atoms in total. The predicted molar refractivity (Wildman–Crippen MR) is 163 cm³/mol. The van der Waals surface area contributed by atoms with Crippen LogP contribution >= 0.6 is 27.7 Å². The smallest absolute Gasteiger partial charge is 0.266 e. The second kappa shape index (κ2) is 10.8. The first-order chi connectivity index (χ1) is 19.1. The van der Waals surface area contributed by atoms with Crippen LogP contribution in [0, 0.1) is 0 Å². The van der Waals surface area contributed by atoms with E-state index in [1.807, 2.05) is 72.8 Å². The molecule has 39 heavy (non-hydrogen) atoms. The number of benzene rings is 5. The van der Waals surface area contributed by atoms with E-state index in [-0.39, 0.29) is 17.2 Å². The number of rotatable bonds is 6. The number of hydrazone groups is 1. The Labute approximate surface area is 236 Å². The third kappa shape index (κ3) is 5.08. The molecule has 0 bridgehead atoms. The Hall–Kier alpha value is -4.27. The van der Waals surface area contributed by atoms with Crippen LogP contribution in [0.1, 0.15) is 5.56 Å². The molecule has 0 radical (unpaired) electrons. The highest BCUT2D eigenvalue weighted by molar-refractivity contribution is 9.10. The van der Waals surface area contributed by atoms with Crippen molar-refractivity contribution in [3.8, 4) is 5.69 Å². The largest absolute Gasteiger partial charge is 0.272 e. The van der Waals surface area contributed by atoms with Crippen molar-refractivity contribution in [2.75, 3.05) is 5.75 Å². The lowest BCUT2D eigenvalue weighted by Crippen LogP contribution is -2.24. The van der Waals surface area contributed by atoms with Gasteiger partial charge in [0.2, 0.25) is 0 Å². The summed E-state index contributed by atoms with van der Waals surface area (Å²) in [4.78, 5) is 30.9. The number of thioether (sulfide) groups is 1. The van der Waals surface area contributed by atoms with Crippen molar-refractivity contribution in [2.24, 2.45) is 5.10 Å². The quantitative estimate of drug-likeness (QED) is 0.0767. The second-order valence-corrected chi connectivity index (χ2v) is 10.7. The van der Waals surface area contributed by atoms with Gasteiger partial charge in [0.1, 0.15) is 0 Å². The van der Waals surface area contributed by atoms with Crippen molar-refractivity contribution in [1.82, 2.24) is 15.0 Å². The van der Waals surface area contributed by atoms with Crippen LogP contribution in [0.5, 0.6) is 0 Å². The zero-order valence-electron chi connectivity index (χ0n) is 20.5. The summed E-state index contributed by atoms with van der Waals surface area (Å²) in [7, 11) is 0. The van der Waals surface area contributed by atoms with Gasteiger partial charge in [-0.2, -0.15) is 5.10 Å². The molecular formula is C31H21BrN4O2S. The van der Waals surface area contributed by atoms with Gasteiger partial charge < -0.3 is 0 Å². The molecule has 5 aromatic carbocycles. The van der Waals surface area contributed by atoms with Gasteiger partial charge in [-0.3, -0.25) is 14.2 Å². The number of amides is 1. The summed E-state index contributed by atoms with van der Waals surface area (Å²) in [5.41, 5.74) is 4.65. The summed E-state index contributed by atoms with van der Waals surface area (Å²) in [5.74, 6) is -0.264. The highest BCUT2D eigenvalue weighted by Crippen LogP contribution is 2.27. The van der Waals surface area contributed by atoms with Gasteiger partial charge in [0.05, 0.1) is 28.6 Å². The molecule has 0 aliphatic heterocycles. The molecule has 0 spiro atoms. The van der Waals surface area contributed by atoms with Crippen molar-refractivity contribution in [3.63, 3.8) is 0 Å². The Bertz CT molecular complexity index is 1900. The average Bonchev–Trinajstić information content (AvgIpc) is 2.96. The Kier molecular flexibility index (Phi) is 6.96. The van der Waals surface area contributed by atoms with Crippen LogP contribution in [0.4, 0.5) is 0 Å². The Morgan fingerprint density at radius 3 is 2.18 bits per heavy atom. The van der Waals surface area contributed by atoms with Crippen LogP contribution in [0.3, 0.4) is 0 Å². The molecule has 0 atom stereocenters. The van der Waals surface area contributed by atoms with Gasteiger partial charge >= 0.3 is 0 Å². The topological polar surface area (TPSA) is 76.3 Å². The molecule has 6 aromatic rings. The molecule has 1 amide bonds. The molecule has 0 saturated heterocycles. The summed E-state index contributed by atoms with van der Waals surface area (Å²) in [5, 5.41) is 9.55. The van der Waals surface area contributed by atoms with E-state index in [2.05, 4.69) is 44.7 Å². The van der Waals surface area contributed by atoms with Gasteiger partial charge in [0, 0.05) is 10.0 Å². The standard InChI is InChI=1S/C31H21BrN4O2S/c32-22-13-15-23(16-14-22)36-30(38)26-11-5-6-12-28(26)34-31(36)39-19-29(37)35-33-18-27-24-9-3-1-7-20(24)17-21-8-2-4-10-25(21)27/h1-18H,19H2,(H,35,37)/b33-18-. The van der Waals surface area contributed by atoms with Crippen LogP contribution in [0.2, 0.25) is 0 Å².